The zero-order valence-corrected chi connectivity index (χ0v) is 28.5. The largest absolute Gasteiger partial charge is 0.381 e. The molecule has 0 unspecified atom stereocenters. The number of ether oxygens (including phenoxy) is 1. The molecule has 10 nitrogen and oxygen atoms in total. The van der Waals surface area contributed by atoms with E-state index in [-0.39, 0.29) is 25.2 Å². The number of carbonyl (C=O) groups is 1. The number of pyridine rings is 2. The number of rotatable bonds is 8. The molecule has 0 bridgehead atoms. The minimum Gasteiger partial charge on any atom is -0.381 e. The topological polar surface area (TPSA) is 127 Å². The summed E-state index contributed by atoms with van der Waals surface area (Å²) in [6, 6.07) is 14.4. The van der Waals surface area contributed by atoms with Crippen LogP contribution in [0.15, 0.2) is 65.7 Å². The SMILES string of the molecule is Cc1cc2ncn(CC(=O)C[C@@H](Cc3cc(F)cc(F)c3)c3nc(C#CC4(O)CCOCC4)ccc3-c3ccc4n[nH]c(=O)n4c3C)c2cc1C. The molecule has 51 heavy (non-hydrogen) atoms. The Labute approximate surface area is 292 Å². The lowest BCUT2D eigenvalue weighted by Crippen LogP contribution is -2.34. The molecule has 6 aromatic rings. The minimum atomic E-state index is -1.23. The molecule has 1 saturated heterocycles. The number of nitrogens with zero attached hydrogens (tertiary/aromatic N) is 5. The average molecular weight is 691 g/mol. The van der Waals surface area contributed by atoms with Crippen LogP contribution < -0.4 is 5.69 Å². The molecular formula is C39H36F2N6O4. The number of aromatic amines is 1. The van der Waals surface area contributed by atoms with Gasteiger partial charge in [0.2, 0.25) is 0 Å². The van der Waals surface area contributed by atoms with E-state index in [1.54, 1.807) is 30.0 Å². The van der Waals surface area contributed by atoms with Gasteiger partial charge in [0.25, 0.3) is 0 Å². The number of fused-ring (bicyclic) bond motifs is 2. The maximum Gasteiger partial charge on any atom is 0.347 e. The Morgan fingerprint density at radius 3 is 2.51 bits per heavy atom. The first kappa shape index (κ1) is 34.0. The van der Waals surface area contributed by atoms with Gasteiger partial charge in [0, 0.05) is 48.1 Å². The van der Waals surface area contributed by atoms with Gasteiger partial charge in [-0.2, -0.15) is 5.10 Å². The molecule has 0 saturated carbocycles. The van der Waals surface area contributed by atoms with Gasteiger partial charge in [-0.3, -0.25) is 4.79 Å². The highest BCUT2D eigenvalue weighted by atomic mass is 19.1. The summed E-state index contributed by atoms with van der Waals surface area (Å²) >= 11 is 0. The molecule has 1 fully saturated rings. The highest BCUT2D eigenvalue weighted by molar-refractivity contribution is 5.83. The smallest absolute Gasteiger partial charge is 0.347 e. The monoisotopic (exact) mass is 690 g/mol. The van der Waals surface area contributed by atoms with Crippen molar-refractivity contribution in [3.8, 4) is 23.0 Å². The fourth-order valence-corrected chi connectivity index (χ4v) is 6.77. The van der Waals surface area contributed by atoms with Crippen molar-refractivity contribution in [2.45, 2.75) is 64.5 Å². The molecule has 5 heterocycles. The van der Waals surface area contributed by atoms with Crippen LogP contribution in [0.4, 0.5) is 8.78 Å². The summed E-state index contributed by atoms with van der Waals surface area (Å²) in [5.74, 6) is 3.71. The fourth-order valence-electron chi connectivity index (χ4n) is 6.77. The molecule has 0 amide bonds. The van der Waals surface area contributed by atoms with E-state index < -0.39 is 28.8 Å². The predicted octanol–water partition coefficient (Wildman–Crippen LogP) is 5.52. The van der Waals surface area contributed by atoms with Crippen molar-refractivity contribution in [2.75, 3.05) is 13.2 Å². The highest BCUT2D eigenvalue weighted by Crippen LogP contribution is 2.35. The van der Waals surface area contributed by atoms with E-state index in [0.29, 0.717) is 65.5 Å². The molecule has 0 aliphatic carbocycles. The quantitative estimate of drug-likeness (QED) is 0.202. The Morgan fingerprint density at radius 2 is 1.75 bits per heavy atom. The van der Waals surface area contributed by atoms with Gasteiger partial charge in [-0.15, -0.1) is 0 Å². The number of carbonyl (C=O) groups excluding carboxylic acids is 1. The van der Waals surface area contributed by atoms with E-state index in [4.69, 9.17) is 9.72 Å². The van der Waals surface area contributed by atoms with Gasteiger partial charge in [-0.1, -0.05) is 5.92 Å². The summed E-state index contributed by atoms with van der Waals surface area (Å²) < 4.78 is 37.7. The summed E-state index contributed by atoms with van der Waals surface area (Å²) in [5, 5.41) is 17.6. The Morgan fingerprint density at radius 1 is 1.02 bits per heavy atom. The second kappa shape index (κ2) is 13.7. The van der Waals surface area contributed by atoms with Crippen LogP contribution in [0.3, 0.4) is 0 Å². The normalized spacial score (nSPS) is 14.8. The number of ketones is 1. The van der Waals surface area contributed by atoms with Crippen molar-refractivity contribution < 1.29 is 23.4 Å². The second-order valence-electron chi connectivity index (χ2n) is 13.3. The molecule has 260 valence electrons. The number of H-pyrrole nitrogens is 1. The summed E-state index contributed by atoms with van der Waals surface area (Å²) in [4.78, 5) is 36.2. The molecule has 1 aliphatic rings. The summed E-state index contributed by atoms with van der Waals surface area (Å²) in [6.07, 6.45) is 2.39. The fraction of sp³-hybridized carbons (Fsp3) is 0.308. The third-order valence-corrected chi connectivity index (χ3v) is 9.63. The first-order valence-corrected chi connectivity index (χ1v) is 16.8. The number of nitrogens with one attached hydrogen (secondary N) is 1. The molecule has 12 heteroatoms. The standard InChI is InChI=1S/C39H36F2N6O4/c1-23-14-34-35(15-24(23)2)46(22-42-34)21-31(48)19-27(16-26-17-28(40)20-29(41)18-26)37-33(32-6-7-36-44-45-38(49)47(36)25(32)3)5-4-30(43-37)8-9-39(50)10-12-51-13-11-39/h4-7,14-15,17-18,20,22,27,50H,10-13,16,19,21H2,1-3H3,(H,45,49)/t27-/m1/s1. The van der Waals surface area contributed by atoms with Crippen LogP contribution in [0.25, 0.3) is 27.8 Å². The maximum absolute atomic E-state index is 14.5. The molecule has 7 rings (SSSR count). The first-order valence-electron chi connectivity index (χ1n) is 16.8. The summed E-state index contributed by atoms with van der Waals surface area (Å²) in [7, 11) is 0. The van der Waals surface area contributed by atoms with Crippen molar-refractivity contribution in [2.24, 2.45) is 0 Å². The third kappa shape index (κ3) is 7.08. The molecule has 1 aliphatic heterocycles. The second-order valence-corrected chi connectivity index (χ2v) is 13.3. The van der Waals surface area contributed by atoms with E-state index in [2.05, 4.69) is 27.0 Å². The average Bonchev–Trinajstić information content (AvgIpc) is 3.66. The lowest BCUT2D eigenvalue weighted by molar-refractivity contribution is -0.120. The number of Topliss-reactive ketones (excluding diaryl/α,β-unsaturated/α-hetero) is 1. The van der Waals surface area contributed by atoms with Crippen molar-refractivity contribution in [1.29, 1.82) is 0 Å². The van der Waals surface area contributed by atoms with E-state index >= 15 is 0 Å². The number of hydrogen-bond donors (Lipinski definition) is 2. The number of halogens is 2. The number of aromatic nitrogens is 6. The summed E-state index contributed by atoms with van der Waals surface area (Å²) in [5.41, 5.74) is 5.58. The zero-order chi connectivity index (χ0) is 35.9. The zero-order valence-electron chi connectivity index (χ0n) is 28.5. The number of aliphatic hydroxyl groups is 1. The third-order valence-electron chi connectivity index (χ3n) is 9.63. The molecule has 2 N–H and O–H groups in total. The summed E-state index contributed by atoms with van der Waals surface area (Å²) in [6.45, 7) is 6.59. The Kier molecular flexibility index (Phi) is 9.10. The van der Waals surface area contributed by atoms with Crippen molar-refractivity contribution in [3.63, 3.8) is 0 Å². The predicted molar refractivity (Wildman–Crippen MR) is 187 cm³/mol. The van der Waals surface area contributed by atoms with Crippen LogP contribution in [0, 0.1) is 44.2 Å². The molecular weight excluding hydrogens is 654 g/mol. The number of hydrogen-bond acceptors (Lipinski definition) is 7. The van der Waals surface area contributed by atoms with Gasteiger partial charge in [0.05, 0.1) is 42.8 Å². The van der Waals surface area contributed by atoms with Crippen LogP contribution in [-0.4, -0.2) is 58.8 Å². The van der Waals surface area contributed by atoms with Crippen LogP contribution in [0.5, 0.6) is 0 Å². The maximum atomic E-state index is 14.5. The lowest BCUT2D eigenvalue weighted by Gasteiger charge is -2.26. The van der Waals surface area contributed by atoms with Crippen LogP contribution in [-0.2, 0) is 22.5 Å². The highest BCUT2D eigenvalue weighted by Gasteiger charge is 2.28. The van der Waals surface area contributed by atoms with Crippen LogP contribution in [0.1, 0.15) is 59.0 Å². The first-order chi connectivity index (χ1) is 24.5. The molecule has 1 atom stereocenters. The molecule has 4 aromatic heterocycles. The number of benzene rings is 2. The molecule has 0 spiro atoms. The van der Waals surface area contributed by atoms with Gasteiger partial charge in [-0.05, 0) is 98.3 Å². The molecule has 2 aromatic carbocycles. The van der Waals surface area contributed by atoms with Gasteiger partial charge in [-0.25, -0.2) is 33.0 Å². The molecule has 0 radical (unpaired) electrons. The number of aryl methyl sites for hydroxylation is 3. The van der Waals surface area contributed by atoms with E-state index in [0.717, 1.165) is 28.2 Å². The Balaban J connectivity index is 1.35. The van der Waals surface area contributed by atoms with Gasteiger partial charge in [0.1, 0.15) is 22.9 Å². The number of imidazole rings is 1. The van der Waals surface area contributed by atoms with E-state index in [1.807, 2.05) is 38.1 Å². The van der Waals surface area contributed by atoms with Crippen LogP contribution in [0.2, 0.25) is 0 Å². The van der Waals surface area contributed by atoms with Gasteiger partial charge < -0.3 is 14.4 Å². The van der Waals surface area contributed by atoms with Crippen LogP contribution >= 0.6 is 0 Å². The van der Waals surface area contributed by atoms with Gasteiger partial charge >= 0.3 is 5.69 Å². The Hall–Kier alpha value is -5.51. The van der Waals surface area contributed by atoms with E-state index in [9.17, 15) is 23.5 Å². The minimum absolute atomic E-state index is 0.0202. The van der Waals surface area contributed by atoms with Crippen molar-refractivity contribution in [3.05, 3.63) is 117 Å². The Bertz CT molecular complexity index is 2410. The van der Waals surface area contributed by atoms with Gasteiger partial charge in [0.15, 0.2) is 11.4 Å². The van der Waals surface area contributed by atoms with Crippen molar-refractivity contribution >= 4 is 22.5 Å². The lowest BCUT2D eigenvalue weighted by atomic mass is 9.86. The van der Waals surface area contributed by atoms with Crippen molar-refractivity contribution in [1.82, 2.24) is 29.1 Å². The van der Waals surface area contributed by atoms with E-state index in [1.165, 1.54) is 16.5 Å².